The lowest BCUT2D eigenvalue weighted by atomic mass is 9.97. The maximum atomic E-state index is 5.85. The lowest BCUT2D eigenvalue weighted by Crippen LogP contribution is -2.36. The molecule has 1 saturated heterocycles. The van der Waals surface area contributed by atoms with Gasteiger partial charge in [0.1, 0.15) is 12.4 Å². The Hall–Kier alpha value is -0.290. The summed E-state index contributed by atoms with van der Waals surface area (Å²) in [6.45, 7) is 6.42. The number of rotatable bonds is 2. The Morgan fingerprint density at radius 1 is 1.30 bits per heavy atom. The SMILES string of the molecule is Brc1ccc2c(c1)CN(CC1CCNCC1)CCO2.Cl. The van der Waals surface area contributed by atoms with E-state index >= 15 is 0 Å². The van der Waals surface area contributed by atoms with Crippen molar-refractivity contribution in [3.8, 4) is 5.75 Å². The zero-order valence-electron chi connectivity index (χ0n) is 11.6. The number of nitrogens with zero attached hydrogens (tertiary/aromatic N) is 1. The Balaban J connectivity index is 0.00000147. The van der Waals surface area contributed by atoms with Gasteiger partial charge < -0.3 is 10.1 Å². The van der Waals surface area contributed by atoms with Gasteiger partial charge in [0.05, 0.1) is 0 Å². The van der Waals surface area contributed by atoms with Crippen molar-refractivity contribution < 1.29 is 4.74 Å². The van der Waals surface area contributed by atoms with Crippen LogP contribution in [0.4, 0.5) is 0 Å². The molecule has 3 nitrogen and oxygen atoms in total. The molecule has 0 amide bonds. The molecule has 1 N–H and O–H groups in total. The average molecular weight is 362 g/mol. The zero-order valence-corrected chi connectivity index (χ0v) is 14.0. The monoisotopic (exact) mass is 360 g/mol. The summed E-state index contributed by atoms with van der Waals surface area (Å²) < 4.78 is 6.99. The van der Waals surface area contributed by atoms with E-state index in [1.165, 1.54) is 38.0 Å². The second kappa shape index (κ2) is 7.64. The van der Waals surface area contributed by atoms with E-state index in [-0.39, 0.29) is 12.4 Å². The quantitative estimate of drug-likeness (QED) is 0.876. The largest absolute Gasteiger partial charge is 0.492 e. The third-order valence-corrected chi connectivity index (χ3v) is 4.55. The molecule has 0 aliphatic carbocycles. The van der Waals surface area contributed by atoms with E-state index in [9.17, 15) is 0 Å². The number of nitrogens with one attached hydrogen (secondary N) is 1. The molecule has 0 radical (unpaired) electrons. The Kier molecular flexibility index (Phi) is 6.15. The van der Waals surface area contributed by atoms with Gasteiger partial charge in [-0.1, -0.05) is 15.9 Å². The third kappa shape index (κ3) is 4.10. The molecule has 0 atom stereocenters. The minimum atomic E-state index is 0. The topological polar surface area (TPSA) is 24.5 Å². The molecule has 1 fully saturated rings. The van der Waals surface area contributed by atoms with Crippen molar-refractivity contribution in [2.45, 2.75) is 19.4 Å². The molecule has 2 aliphatic heterocycles. The van der Waals surface area contributed by atoms with Gasteiger partial charge in [-0.05, 0) is 50.0 Å². The molecule has 2 heterocycles. The molecule has 0 saturated carbocycles. The lowest BCUT2D eigenvalue weighted by molar-refractivity contribution is 0.181. The van der Waals surface area contributed by atoms with Crippen molar-refractivity contribution in [2.24, 2.45) is 5.92 Å². The first-order valence-corrected chi connectivity index (χ1v) is 7.95. The van der Waals surface area contributed by atoms with Crippen LogP contribution in [-0.2, 0) is 6.54 Å². The van der Waals surface area contributed by atoms with E-state index in [4.69, 9.17) is 4.74 Å². The molecule has 3 rings (SSSR count). The Labute approximate surface area is 135 Å². The smallest absolute Gasteiger partial charge is 0.123 e. The summed E-state index contributed by atoms with van der Waals surface area (Å²) in [7, 11) is 0. The molecule has 1 aromatic carbocycles. The van der Waals surface area contributed by atoms with Gasteiger partial charge in [-0.3, -0.25) is 4.90 Å². The van der Waals surface area contributed by atoms with Crippen LogP contribution in [-0.4, -0.2) is 37.7 Å². The first-order chi connectivity index (χ1) is 9.31. The van der Waals surface area contributed by atoms with E-state index in [1.807, 2.05) is 0 Å². The van der Waals surface area contributed by atoms with Crippen molar-refractivity contribution in [3.63, 3.8) is 0 Å². The zero-order chi connectivity index (χ0) is 13.1. The van der Waals surface area contributed by atoms with Crippen molar-refractivity contribution in [1.82, 2.24) is 10.2 Å². The molecule has 0 bridgehead atoms. The Morgan fingerprint density at radius 3 is 2.90 bits per heavy atom. The summed E-state index contributed by atoms with van der Waals surface area (Å²) in [6, 6.07) is 6.32. The third-order valence-electron chi connectivity index (χ3n) is 4.06. The van der Waals surface area contributed by atoms with Crippen LogP contribution in [0.5, 0.6) is 5.75 Å². The molecule has 2 aliphatic rings. The summed E-state index contributed by atoms with van der Waals surface area (Å²) in [5, 5.41) is 3.44. The standard InChI is InChI=1S/C15H21BrN2O.ClH/c16-14-1-2-15-13(9-14)11-18(7-8-19-15)10-12-3-5-17-6-4-12;/h1-2,9,12,17H,3-8,10-11H2;1H. The molecule has 112 valence electrons. The fourth-order valence-corrected chi connectivity index (χ4v) is 3.41. The van der Waals surface area contributed by atoms with Gasteiger partial charge >= 0.3 is 0 Å². The Bertz CT molecular complexity index is 438. The molecule has 1 aromatic rings. The van der Waals surface area contributed by atoms with Gasteiger partial charge in [-0.2, -0.15) is 0 Å². The van der Waals surface area contributed by atoms with Crippen LogP contribution in [0.3, 0.4) is 0 Å². The van der Waals surface area contributed by atoms with Crippen molar-refractivity contribution in [3.05, 3.63) is 28.2 Å². The van der Waals surface area contributed by atoms with Crippen molar-refractivity contribution in [1.29, 1.82) is 0 Å². The maximum Gasteiger partial charge on any atom is 0.123 e. The number of ether oxygens (including phenoxy) is 1. The molecule has 0 spiro atoms. The predicted molar refractivity (Wildman–Crippen MR) is 87.8 cm³/mol. The van der Waals surface area contributed by atoms with Crippen LogP contribution < -0.4 is 10.1 Å². The van der Waals surface area contributed by atoms with E-state index < -0.39 is 0 Å². The van der Waals surface area contributed by atoms with Crippen LogP contribution in [0.25, 0.3) is 0 Å². The van der Waals surface area contributed by atoms with Gasteiger partial charge in [-0.25, -0.2) is 0 Å². The van der Waals surface area contributed by atoms with Gasteiger partial charge in [0.15, 0.2) is 0 Å². The molecular formula is C15H22BrClN2O. The summed E-state index contributed by atoms with van der Waals surface area (Å²) in [5.41, 5.74) is 1.31. The van der Waals surface area contributed by atoms with E-state index in [2.05, 4.69) is 44.3 Å². The van der Waals surface area contributed by atoms with Crippen LogP contribution in [0.15, 0.2) is 22.7 Å². The summed E-state index contributed by atoms with van der Waals surface area (Å²) in [4.78, 5) is 2.55. The van der Waals surface area contributed by atoms with Gasteiger partial charge in [0.25, 0.3) is 0 Å². The van der Waals surface area contributed by atoms with Crippen LogP contribution >= 0.6 is 28.3 Å². The van der Waals surface area contributed by atoms with Gasteiger partial charge in [0, 0.05) is 29.7 Å². The predicted octanol–water partition coefficient (Wildman–Crippen LogP) is 3.06. The fourth-order valence-electron chi connectivity index (χ4n) is 3.00. The highest BCUT2D eigenvalue weighted by Gasteiger charge is 2.20. The highest BCUT2D eigenvalue weighted by molar-refractivity contribution is 9.10. The molecular weight excluding hydrogens is 340 g/mol. The Morgan fingerprint density at radius 2 is 2.10 bits per heavy atom. The van der Waals surface area contributed by atoms with Crippen LogP contribution in [0, 0.1) is 5.92 Å². The second-order valence-corrected chi connectivity index (χ2v) is 6.44. The fraction of sp³-hybridized carbons (Fsp3) is 0.600. The molecule has 0 aromatic heterocycles. The van der Waals surface area contributed by atoms with E-state index in [1.54, 1.807) is 0 Å². The number of fused-ring (bicyclic) bond motifs is 1. The van der Waals surface area contributed by atoms with E-state index in [0.29, 0.717) is 0 Å². The first kappa shape index (κ1) is 16.1. The van der Waals surface area contributed by atoms with E-state index in [0.717, 1.165) is 35.8 Å². The minimum absolute atomic E-state index is 0. The normalized spacial score (nSPS) is 20.4. The minimum Gasteiger partial charge on any atom is -0.492 e. The summed E-state index contributed by atoms with van der Waals surface area (Å²) in [5.74, 6) is 1.89. The van der Waals surface area contributed by atoms with Gasteiger partial charge in [0.2, 0.25) is 0 Å². The molecule has 5 heteroatoms. The number of halogens is 2. The van der Waals surface area contributed by atoms with Crippen LogP contribution in [0.1, 0.15) is 18.4 Å². The number of benzene rings is 1. The molecule has 0 unspecified atom stereocenters. The molecule has 20 heavy (non-hydrogen) atoms. The average Bonchev–Trinajstić information content (AvgIpc) is 2.61. The maximum absolute atomic E-state index is 5.85. The summed E-state index contributed by atoms with van der Waals surface area (Å²) >= 11 is 3.55. The highest BCUT2D eigenvalue weighted by Crippen LogP contribution is 2.27. The van der Waals surface area contributed by atoms with Crippen molar-refractivity contribution >= 4 is 28.3 Å². The van der Waals surface area contributed by atoms with Gasteiger partial charge in [-0.15, -0.1) is 12.4 Å². The highest BCUT2D eigenvalue weighted by atomic mass is 79.9. The first-order valence-electron chi connectivity index (χ1n) is 7.15. The lowest BCUT2D eigenvalue weighted by Gasteiger charge is -2.28. The number of hydrogen-bond acceptors (Lipinski definition) is 3. The number of hydrogen-bond donors (Lipinski definition) is 1. The van der Waals surface area contributed by atoms with Crippen LogP contribution in [0.2, 0.25) is 0 Å². The number of piperidine rings is 1. The van der Waals surface area contributed by atoms with Crippen molar-refractivity contribution in [2.75, 3.05) is 32.8 Å². The summed E-state index contributed by atoms with van der Waals surface area (Å²) in [6.07, 6.45) is 2.62. The second-order valence-electron chi connectivity index (χ2n) is 5.53.